The lowest BCUT2D eigenvalue weighted by Gasteiger charge is -2.34. The zero-order chi connectivity index (χ0) is 10.7. The standard InChI is InChI=1S/C10H14N2O3/c1-14-10(3-6-15-7-4-10)9-11-5-2-8(13)12-9/h2,5H,3-4,6-7H2,1H3,(H,11,12,13). The van der Waals surface area contributed by atoms with E-state index in [4.69, 9.17) is 9.47 Å². The van der Waals surface area contributed by atoms with Crippen LogP contribution in [0.4, 0.5) is 0 Å². The van der Waals surface area contributed by atoms with Crippen LogP contribution in [0.1, 0.15) is 18.7 Å². The average molecular weight is 210 g/mol. The maximum atomic E-state index is 11.2. The largest absolute Gasteiger partial charge is 0.381 e. The monoisotopic (exact) mass is 210 g/mol. The molecule has 1 aliphatic rings. The normalized spacial score (nSPS) is 20.1. The fraction of sp³-hybridized carbons (Fsp3) is 0.600. The molecule has 15 heavy (non-hydrogen) atoms. The van der Waals surface area contributed by atoms with Gasteiger partial charge in [-0.1, -0.05) is 0 Å². The van der Waals surface area contributed by atoms with E-state index in [1.54, 1.807) is 7.11 Å². The molecule has 1 aromatic heterocycles. The molecule has 5 heteroatoms. The molecule has 82 valence electrons. The van der Waals surface area contributed by atoms with Crippen molar-refractivity contribution >= 4 is 0 Å². The topological polar surface area (TPSA) is 64.2 Å². The number of aromatic amines is 1. The number of nitrogens with zero attached hydrogens (tertiary/aromatic N) is 1. The number of nitrogens with one attached hydrogen (secondary N) is 1. The number of H-pyrrole nitrogens is 1. The molecule has 1 saturated heterocycles. The number of hydrogen-bond acceptors (Lipinski definition) is 4. The van der Waals surface area contributed by atoms with Gasteiger partial charge in [0.15, 0.2) is 0 Å². The summed E-state index contributed by atoms with van der Waals surface area (Å²) in [6, 6.07) is 1.40. The van der Waals surface area contributed by atoms with Crippen molar-refractivity contribution in [1.82, 2.24) is 9.97 Å². The van der Waals surface area contributed by atoms with Crippen LogP contribution < -0.4 is 5.56 Å². The van der Waals surface area contributed by atoms with Gasteiger partial charge in [0.25, 0.3) is 5.56 Å². The molecule has 0 spiro atoms. The Morgan fingerprint density at radius 2 is 2.27 bits per heavy atom. The highest BCUT2D eigenvalue weighted by molar-refractivity contribution is 5.04. The van der Waals surface area contributed by atoms with Crippen LogP contribution in [-0.4, -0.2) is 30.3 Å². The van der Waals surface area contributed by atoms with Crippen LogP contribution in [0.25, 0.3) is 0 Å². The summed E-state index contributed by atoms with van der Waals surface area (Å²) in [5.74, 6) is 0.598. The van der Waals surface area contributed by atoms with Crippen molar-refractivity contribution in [1.29, 1.82) is 0 Å². The van der Waals surface area contributed by atoms with E-state index >= 15 is 0 Å². The highest BCUT2D eigenvalue weighted by Crippen LogP contribution is 2.32. The number of ether oxygens (including phenoxy) is 2. The summed E-state index contributed by atoms with van der Waals surface area (Å²) < 4.78 is 10.8. The average Bonchev–Trinajstić information content (AvgIpc) is 2.30. The number of hydrogen-bond donors (Lipinski definition) is 1. The van der Waals surface area contributed by atoms with Crippen molar-refractivity contribution in [2.75, 3.05) is 20.3 Å². The summed E-state index contributed by atoms with van der Waals surface area (Å²) >= 11 is 0. The van der Waals surface area contributed by atoms with E-state index in [0.717, 1.165) is 12.8 Å². The first-order valence-corrected chi connectivity index (χ1v) is 4.95. The minimum atomic E-state index is -0.487. The van der Waals surface area contributed by atoms with E-state index < -0.39 is 5.60 Å². The Balaban J connectivity index is 2.36. The number of methoxy groups -OCH3 is 1. The van der Waals surface area contributed by atoms with Crippen LogP contribution in [0.3, 0.4) is 0 Å². The number of aromatic nitrogens is 2. The second-order valence-corrected chi connectivity index (χ2v) is 3.59. The second kappa shape index (κ2) is 4.12. The molecule has 1 fully saturated rings. The zero-order valence-electron chi connectivity index (χ0n) is 8.66. The van der Waals surface area contributed by atoms with Gasteiger partial charge in [0.2, 0.25) is 0 Å². The highest BCUT2D eigenvalue weighted by Gasteiger charge is 2.36. The molecule has 0 bridgehead atoms. The van der Waals surface area contributed by atoms with Gasteiger partial charge in [0, 0.05) is 45.4 Å². The molecule has 0 radical (unpaired) electrons. The van der Waals surface area contributed by atoms with Gasteiger partial charge in [-0.05, 0) is 0 Å². The Kier molecular flexibility index (Phi) is 2.83. The van der Waals surface area contributed by atoms with Crippen molar-refractivity contribution < 1.29 is 9.47 Å². The summed E-state index contributed by atoms with van der Waals surface area (Å²) in [7, 11) is 1.64. The first-order valence-electron chi connectivity index (χ1n) is 4.95. The molecule has 5 nitrogen and oxygen atoms in total. The van der Waals surface area contributed by atoms with Gasteiger partial charge in [-0.25, -0.2) is 4.98 Å². The zero-order valence-corrected chi connectivity index (χ0v) is 8.66. The van der Waals surface area contributed by atoms with E-state index in [2.05, 4.69) is 9.97 Å². The van der Waals surface area contributed by atoms with Crippen LogP contribution in [0.2, 0.25) is 0 Å². The van der Waals surface area contributed by atoms with E-state index in [9.17, 15) is 4.79 Å². The van der Waals surface area contributed by atoms with Gasteiger partial charge < -0.3 is 14.5 Å². The predicted octanol–water partition coefficient (Wildman–Crippen LogP) is 0.422. The van der Waals surface area contributed by atoms with Crippen molar-refractivity contribution in [3.05, 3.63) is 28.4 Å². The summed E-state index contributed by atoms with van der Waals surface area (Å²) in [6.07, 6.45) is 2.94. The molecule has 2 heterocycles. The van der Waals surface area contributed by atoms with Crippen LogP contribution >= 0.6 is 0 Å². The van der Waals surface area contributed by atoms with E-state index in [0.29, 0.717) is 19.0 Å². The third-order valence-electron chi connectivity index (χ3n) is 2.79. The molecule has 2 rings (SSSR count). The molecule has 0 amide bonds. The summed E-state index contributed by atoms with van der Waals surface area (Å²) in [4.78, 5) is 18.1. The number of rotatable bonds is 2. The summed E-state index contributed by atoms with van der Waals surface area (Å²) in [6.45, 7) is 1.26. The van der Waals surface area contributed by atoms with Gasteiger partial charge in [-0.3, -0.25) is 4.79 Å². The molecule has 1 aliphatic heterocycles. The SMILES string of the molecule is COC1(c2nccc(=O)[nH]2)CCOCC1. The fourth-order valence-corrected chi connectivity index (χ4v) is 1.84. The van der Waals surface area contributed by atoms with Gasteiger partial charge in [0.1, 0.15) is 11.4 Å². The quantitative estimate of drug-likeness (QED) is 0.768. The first-order chi connectivity index (χ1) is 7.27. The Morgan fingerprint density at radius 3 is 2.87 bits per heavy atom. The minimum absolute atomic E-state index is 0.150. The lowest BCUT2D eigenvalue weighted by atomic mass is 9.93. The molecular formula is C10H14N2O3. The van der Waals surface area contributed by atoms with Crippen molar-refractivity contribution in [2.24, 2.45) is 0 Å². The van der Waals surface area contributed by atoms with Crippen LogP contribution in [0.15, 0.2) is 17.1 Å². The third-order valence-corrected chi connectivity index (χ3v) is 2.79. The fourth-order valence-electron chi connectivity index (χ4n) is 1.84. The van der Waals surface area contributed by atoms with Crippen molar-refractivity contribution in [3.8, 4) is 0 Å². The molecule has 0 atom stereocenters. The van der Waals surface area contributed by atoms with Crippen molar-refractivity contribution in [3.63, 3.8) is 0 Å². The Hall–Kier alpha value is -1.20. The van der Waals surface area contributed by atoms with E-state index in [-0.39, 0.29) is 5.56 Å². The Bertz CT molecular complexity index is 382. The molecule has 1 N–H and O–H groups in total. The van der Waals surface area contributed by atoms with Crippen LogP contribution in [-0.2, 0) is 15.1 Å². The smallest absolute Gasteiger partial charge is 0.250 e. The Labute approximate surface area is 87.4 Å². The van der Waals surface area contributed by atoms with E-state index in [1.165, 1.54) is 12.3 Å². The Morgan fingerprint density at radius 1 is 1.53 bits per heavy atom. The van der Waals surface area contributed by atoms with Gasteiger partial charge in [0.05, 0.1) is 0 Å². The molecule has 0 aliphatic carbocycles. The first kappa shape index (κ1) is 10.3. The van der Waals surface area contributed by atoms with Crippen molar-refractivity contribution in [2.45, 2.75) is 18.4 Å². The minimum Gasteiger partial charge on any atom is -0.381 e. The summed E-state index contributed by atoms with van der Waals surface area (Å²) in [5, 5.41) is 0. The summed E-state index contributed by atoms with van der Waals surface area (Å²) in [5.41, 5.74) is -0.638. The maximum absolute atomic E-state index is 11.2. The molecule has 1 aromatic rings. The molecule has 0 unspecified atom stereocenters. The lowest BCUT2D eigenvalue weighted by molar-refractivity contribution is -0.100. The lowest BCUT2D eigenvalue weighted by Crippen LogP contribution is -2.38. The van der Waals surface area contributed by atoms with Gasteiger partial charge in [-0.15, -0.1) is 0 Å². The van der Waals surface area contributed by atoms with E-state index in [1.807, 2.05) is 0 Å². The van der Waals surface area contributed by atoms with Crippen LogP contribution in [0, 0.1) is 0 Å². The third kappa shape index (κ3) is 1.93. The maximum Gasteiger partial charge on any atom is 0.250 e. The predicted molar refractivity (Wildman–Crippen MR) is 53.6 cm³/mol. The molecule has 0 saturated carbocycles. The van der Waals surface area contributed by atoms with Crippen LogP contribution in [0.5, 0.6) is 0 Å². The van der Waals surface area contributed by atoms with Gasteiger partial charge in [-0.2, -0.15) is 0 Å². The second-order valence-electron chi connectivity index (χ2n) is 3.59. The highest BCUT2D eigenvalue weighted by atomic mass is 16.5. The van der Waals surface area contributed by atoms with Gasteiger partial charge >= 0.3 is 0 Å². The molecule has 0 aromatic carbocycles. The molecular weight excluding hydrogens is 196 g/mol.